The molecule has 0 atom stereocenters. The van der Waals surface area contributed by atoms with E-state index in [0.29, 0.717) is 10.9 Å². The van der Waals surface area contributed by atoms with Crippen LogP contribution in [-0.4, -0.2) is 25.3 Å². The van der Waals surface area contributed by atoms with Crippen LogP contribution >= 0.6 is 23.4 Å². The van der Waals surface area contributed by atoms with Gasteiger partial charge in [-0.05, 0) is 0 Å². The molecule has 0 aliphatic carbocycles. The first-order valence-electron chi connectivity index (χ1n) is 3.91. The van der Waals surface area contributed by atoms with Crippen LogP contribution in [0.4, 0.5) is 0 Å². The van der Waals surface area contributed by atoms with Gasteiger partial charge in [-0.15, -0.1) is 18.3 Å². The fraction of sp³-hybridized carbons (Fsp3) is 0.125. The van der Waals surface area contributed by atoms with E-state index in [-0.39, 0.29) is 0 Å². The topological polar surface area (TPSA) is 43.1 Å². The number of thioether (sulfide) groups is 1. The smallest absolute Gasteiger partial charge is 0.199 e. The molecule has 2 aromatic rings. The van der Waals surface area contributed by atoms with Crippen LogP contribution < -0.4 is 0 Å². The van der Waals surface area contributed by atoms with Gasteiger partial charge in [0.2, 0.25) is 0 Å². The number of halogens is 1. The summed E-state index contributed by atoms with van der Waals surface area (Å²) in [7, 11) is 0. The molecule has 0 unspecified atom stereocenters. The van der Waals surface area contributed by atoms with Gasteiger partial charge in [0.05, 0.1) is 0 Å². The van der Waals surface area contributed by atoms with Gasteiger partial charge < -0.3 is 0 Å². The molecule has 72 valence electrons. The van der Waals surface area contributed by atoms with Gasteiger partial charge in [0.25, 0.3) is 5.78 Å². The fourth-order valence-electron chi connectivity index (χ4n) is 1.01. The second-order valence-electron chi connectivity index (χ2n) is 2.49. The monoisotopic (exact) mass is 226 g/mol. The number of rotatable bonds is 3. The Hall–Kier alpha value is -1.07. The van der Waals surface area contributed by atoms with Crippen LogP contribution in [0.5, 0.6) is 0 Å². The normalized spacial score (nSPS) is 10.6. The van der Waals surface area contributed by atoms with Crippen LogP contribution in [0, 0.1) is 0 Å². The zero-order valence-corrected chi connectivity index (χ0v) is 8.79. The lowest BCUT2D eigenvalue weighted by Gasteiger charge is -2.01. The van der Waals surface area contributed by atoms with Crippen LogP contribution in [0.2, 0.25) is 5.15 Å². The molecular formula is C8H7ClN4S. The van der Waals surface area contributed by atoms with Crippen molar-refractivity contribution in [3.63, 3.8) is 0 Å². The van der Waals surface area contributed by atoms with Gasteiger partial charge in [-0.3, -0.25) is 0 Å². The Balaban J connectivity index is 2.49. The molecule has 2 heterocycles. The van der Waals surface area contributed by atoms with Gasteiger partial charge in [0.15, 0.2) is 0 Å². The van der Waals surface area contributed by atoms with Crippen molar-refractivity contribution < 1.29 is 0 Å². The highest BCUT2D eigenvalue weighted by Gasteiger charge is 2.05. The van der Waals surface area contributed by atoms with Crippen molar-refractivity contribution in [2.24, 2.45) is 0 Å². The minimum atomic E-state index is 0.428. The highest BCUT2D eigenvalue weighted by molar-refractivity contribution is 7.99. The molecule has 0 aliphatic heterocycles. The lowest BCUT2D eigenvalue weighted by atomic mass is 10.7. The molecule has 0 N–H and O–H groups in total. The third-order valence-electron chi connectivity index (χ3n) is 1.54. The molecule has 6 heteroatoms. The molecule has 14 heavy (non-hydrogen) atoms. The molecule has 0 fully saturated rings. The van der Waals surface area contributed by atoms with Gasteiger partial charge in [-0.1, -0.05) is 17.7 Å². The first kappa shape index (κ1) is 9.48. The van der Waals surface area contributed by atoms with Crippen LogP contribution in [0.15, 0.2) is 30.1 Å². The molecule has 0 aromatic carbocycles. The summed E-state index contributed by atoms with van der Waals surface area (Å²) in [5.41, 5.74) is 0. The third kappa shape index (κ3) is 1.73. The number of hydrogen-bond acceptors (Lipinski definition) is 4. The maximum atomic E-state index is 5.83. The van der Waals surface area contributed by atoms with Crippen molar-refractivity contribution in [3.05, 3.63) is 30.2 Å². The average molecular weight is 227 g/mol. The summed E-state index contributed by atoms with van der Waals surface area (Å²) < 4.78 is 1.65. The molecule has 2 aromatic heterocycles. The van der Waals surface area contributed by atoms with Gasteiger partial charge in [0.1, 0.15) is 16.5 Å². The Labute approximate surface area is 90.0 Å². The summed E-state index contributed by atoms with van der Waals surface area (Å²) in [6.45, 7) is 3.65. The third-order valence-corrected chi connectivity index (χ3v) is 2.72. The standard InChI is InChI=1S/C8H7ClN4S/c1-2-3-14-7-4-6(9)12-8-10-5-11-13(7)8/h2,4-5H,1,3H2. The maximum Gasteiger partial charge on any atom is 0.254 e. The highest BCUT2D eigenvalue weighted by Crippen LogP contribution is 2.20. The van der Waals surface area contributed by atoms with E-state index in [4.69, 9.17) is 11.6 Å². The molecular weight excluding hydrogens is 220 g/mol. The van der Waals surface area contributed by atoms with E-state index in [9.17, 15) is 0 Å². The van der Waals surface area contributed by atoms with Crippen LogP contribution in [0.1, 0.15) is 0 Å². The van der Waals surface area contributed by atoms with Crippen LogP contribution in [0.3, 0.4) is 0 Å². The largest absolute Gasteiger partial charge is 0.254 e. The molecule has 2 rings (SSSR count). The second-order valence-corrected chi connectivity index (χ2v) is 3.92. The summed E-state index contributed by atoms with van der Waals surface area (Å²) in [6.07, 6.45) is 3.28. The Kier molecular flexibility index (Phi) is 2.69. The zero-order valence-electron chi connectivity index (χ0n) is 7.22. The van der Waals surface area contributed by atoms with Crippen LogP contribution in [-0.2, 0) is 0 Å². The lowest BCUT2D eigenvalue weighted by molar-refractivity contribution is 0.843. The number of aromatic nitrogens is 4. The molecule has 0 spiro atoms. The summed E-state index contributed by atoms with van der Waals surface area (Å²) in [5, 5.41) is 5.38. The van der Waals surface area contributed by atoms with E-state index in [1.165, 1.54) is 6.33 Å². The predicted molar refractivity (Wildman–Crippen MR) is 56.7 cm³/mol. The number of fused-ring (bicyclic) bond motifs is 1. The molecule has 0 saturated heterocycles. The molecule has 0 radical (unpaired) electrons. The second kappa shape index (κ2) is 3.98. The summed E-state index contributed by atoms with van der Waals surface area (Å²) >= 11 is 7.41. The summed E-state index contributed by atoms with van der Waals surface area (Å²) in [4.78, 5) is 7.99. The quantitative estimate of drug-likeness (QED) is 0.457. The first-order valence-corrected chi connectivity index (χ1v) is 5.27. The minimum Gasteiger partial charge on any atom is -0.199 e. The fourth-order valence-corrected chi connectivity index (χ4v) is 1.98. The molecule has 0 aliphatic rings. The maximum absolute atomic E-state index is 5.83. The Morgan fingerprint density at radius 3 is 3.29 bits per heavy atom. The number of nitrogens with zero attached hydrogens (tertiary/aromatic N) is 4. The van der Waals surface area contributed by atoms with Crippen molar-refractivity contribution in [2.75, 3.05) is 5.75 Å². The molecule has 4 nitrogen and oxygen atoms in total. The van der Waals surface area contributed by atoms with E-state index in [2.05, 4.69) is 21.6 Å². The van der Waals surface area contributed by atoms with Gasteiger partial charge in [-0.25, -0.2) is 0 Å². The predicted octanol–water partition coefficient (Wildman–Crippen LogP) is 2.06. The lowest BCUT2D eigenvalue weighted by Crippen LogP contribution is -1.95. The van der Waals surface area contributed by atoms with Crippen molar-refractivity contribution in [1.29, 1.82) is 0 Å². The molecule has 0 amide bonds. The van der Waals surface area contributed by atoms with Crippen molar-refractivity contribution >= 4 is 29.1 Å². The summed E-state index contributed by atoms with van der Waals surface area (Å²) in [5.74, 6) is 1.32. The van der Waals surface area contributed by atoms with E-state index < -0.39 is 0 Å². The van der Waals surface area contributed by atoms with Gasteiger partial charge in [-0.2, -0.15) is 19.6 Å². The van der Waals surface area contributed by atoms with Gasteiger partial charge >= 0.3 is 0 Å². The summed E-state index contributed by atoms with van der Waals surface area (Å²) in [6, 6.07) is 1.76. The molecule has 0 saturated carbocycles. The Bertz CT molecular complexity index is 467. The zero-order chi connectivity index (χ0) is 9.97. The van der Waals surface area contributed by atoms with E-state index >= 15 is 0 Å². The van der Waals surface area contributed by atoms with E-state index in [1.807, 2.05) is 6.08 Å². The Morgan fingerprint density at radius 1 is 1.64 bits per heavy atom. The van der Waals surface area contributed by atoms with Gasteiger partial charge in [0, 0.05) is 11.8 Å². The van der Waals surface area contributed by atoms with Crippen molar-refractivity contribution in [1.82, 2.24) is 19.6 Å². The minimum absolute atomic E-state index is 0.428. The SMILES string of the molecule is C=CCSc1cc(Cl)nc2ncnn12. The first-order chi connectivity index (χ1) is 6.81. The van der Waals surface area contributed by atoms with Crippen molar-refractivity contribution in [3.8, 4) is 0 Å². The van der Waals surface area contributed by atoms with Crippen LogP contribution in [0.25, 0.3) is 5.78 Å². The van der Waals surface area contributed by atoms with E-state index in [1.54, 1.807) is 22.3 Å². The average Bonchev–Trinajstić information content (AvgIpc) is 2.61. The number of hydrogen-bond donors (Lipinski definition) is 0. The highest BCUT2D eigenvalue weighted by atomic mass is 35.5. The van der Waals surface area contributed by atoms with E-state index in [0.717, 1.165) is 10.8 Å². The molecule has 0 bridgehead atoms. The Morgan fingerprint density at radius 2 is 2.50 bits per heavy atom. The van der Waals surface area contributed by atoms with Crippen molar-refractivity contribution in [2.45, 2.75) is 5.03 Å².